The molecule has 26 heavy (non-hydrogen) atoms. The Balaban J connectivity index is 1.71. The van der Waals surface area contributed by atoms with Crippen molar-refractivity contribution < 1.29 is 19.1 Å². The van der Waals surface area contributed by atoms with Gasteiger partial charge in [-0.15, -0.1) is 0 Å². The minimum atomic E-state index is -0.671. The van der Waals surface area contributed by atoms with E-state index < -0.39 is 18.4 Å². The van der Waals surface area contributed by atoms with Crippen molar-refractivity contribution in [3.63, 3.8) is 0 Å². The molecule has 5 nitrogen and oxygen atoms in total. The van der Waals surface area contributed by atoms with Crippen LogP contribution in [-0.4, -0.2) is 30.8 Å². The summed E-state index contributed by atoms with van der Waals surface area (Å²) < 4.78 is 5.09. The predicted octanol–water partition coefficient (Wildman–Crippen LogP) is 4.16. The van der Waals surface area contributed by atoms with E-state index in [1.54, 1.807) is 29.2 Å². The number of Topliss-reactive ketones (excluding diaryl/α,β-unsaturated/α-hetero) is 1. The Bertz CT molecular complexity index is 882. The van der Waals surface area contributed by atoms with Crippen LogP contribution in [0.1, 0.15) is 33.6 Å². The number of ketones is 1. The third kappa shape index (κ3) is 3.89. The first-order chi connectivity index (χ1) is 12.5. The summed E-state index contributed by atoms with van der Waals surface area (Å²) in [5.74, 6) is -1.10. The lowest BCUT2D eigenvalue weighted by Crippen LogP contribution is -2.24. The number of nitrogens with zero attached hydrogens (tertiary/aromatic N) is 1. The van der Waals surface area contributed by atoms with Crippen LogP contribution in [0, 0.1) is 0 Å². The van der Waals surface area contributed by atoms with Gasteiger partial charge >= 0.3 is 5.97 Å². The number of ether oxygens (including phenoxy) is 1. The molecule has 134 valence electrons. The predicted molar refractivity (Wildman–Crippen MR) is 99.1 cm³/mol. The summed E-state index contributed by atoms with van der Waals surface area (Å²) in [4.78, 5) is 37.9. The van der Waals surface area contributed by atoms with Crippen molar-refractivity contribution in [3.8, 4) is 0 Å². The summed E-state index contributed by atoms with van der Waals surface area (Å²) >= 11 is 12.1. The fraction of sp³-hybridized carbons (Fsp3) is 0.211. The van der Waals surface area contributed by atoms with Crippen molar-refractivity contribution in [2.24, 2.45) is 0 Å². The molecule has 1 aliphatic rings. The van der Waals surface area contributed by atoms with Gasteiger partial charge in [0.1, 0.15) is 0 Å². The quantitative estimate of drug-likeness (QED) is 0.566. The number of amides is 1. The van der Waals surface area contributed by atoms with Gasteiger partial charge in [-0.05, 0) is 36.8 Å². The fourth-order valence-electron chi connectivity index (χ4n) is 2.73. The van der Waals surface area contributed by atoms with E-state index >= 15 is 0 Å². The Kier molecular flexibility index (Phi) is 5.59. The van der Waals surface area contributed by atoms with Crippen LogP contribution in [0.25, 0.3) is 0 Å². The van der Waals surface area contributed by atoms with Gasteiger partial charge in [-0.2, -0.15) is 0 Å². The van der Waals surface area contributed by atoms with E-state index in [1.807, 2.05) is 0 Å². The number of hydrogen-bond acceptors (Lipinski definition) is 4. The highest BCUT2D eigenvalue weighted by atomic mass is 35.5. The minimum Gasteiger partial charge on any atom is -0.454 e. The number of rotatable bonds is 5. The Morgan fingerprint density at radius 1 is 1.08 bits per heavy atom. The molecule has 2 aromatic carbocycles. The zero-order valence-corrected chi connectivity index (χ0v) is 15.2. The lowest BCUT2D eigenvalue weighted by Gasteiger charge is -2.18. The van der Waals surface area contributed by atoms with Gasteiger partial charge in [-0.3, -0.25) is 9.59 Å². The summed E-state index contributed by atoms with van der Waals surface area (Å²) in [6.45, 7) is 0.130. The first-order valence-electron chi connectivity index (χ1n) is 8.02. The number of anilines is 1. The average Bonchev–Trinajstić information content (AvgIpc) is 3.06. The van der Waals surface area contributed by atoms with Crippen molar-refractivity contribution in [1.82, 2.24) is 0 Å². The second kappa shape index (κ2) is 7.89. The topological polar surface area (TPSA) is 63.7 Å². The lowest BCUT2D eigenvalue weighted by molar-refractivity contribution is -0.117. The van der Waals surface area contributed by atoms with Crippen LogP contribution in [0.4, 0.5) is 5.69 Å². The maximum Gasteiger partial charge on any atom is 0.338 e. The number of hydrogen-bond donors (Lipinski definition) is 0. The average molecular weight is 392 g/mol. The van der Waals surface area contributed by atoms with Crippen molar-refractivity contribution >= 4 is 46.5 Å². The van der Waals surface area contributed by atoms with E-state index in [2.05, 4.69) is 0 Å². The van der Waals surface area contributed by atoms with Crippen molar-refractivity contribution in [2.45, 2.75) is 12.8 Å². The van der Waals surface area contributed by atoms with Crippen LogP contribution in [0.15, 0.2) is 42.5 Å². The molecule has 0 atom stereocenters. The van der Waals surface area contributed by atoms with Crippen LogP contribution in [0.5, 0.6) is 0 Å². The van der Waals surface area contributed by atoms with Gasteiger partial charge in [0.05, 0.1) is 21.3 Å². The molecule has 0 saturated carbocycles. The molecule has 1 fully saturated rings. The summed E-state index contributed by atoms with van der Waals surface area (Å²) in [5.41, 5.74) is 0.985. The number of esters is 1. The van der Waals surface area contributed by atoms with Gasteiger partial charge in [-0.1, -0.05) is 35.3 Å². The minimum absolute atomic E-state index is 0.0358. The highest BCUT2D eigenvalue weighted by Gasteiger charge is 2.25. The first kappa shape index (κ1) is 18.4. The largest absolute Gasteiger partial charge is 0.454 e. The van der Waals surface area contributed by atoms with Crippen molar-refractivity contribution in [3.05, 3.63) is 63.6 Å². The Morgan fingerprint density at radius 3 is 2.54 bits per heavy atom. The number of carbonyl (C=O) groups excluding carboxylic acids is 3. The Hall–Kier alpha value is -2.37. The molecule has 0 spiro atoms. The highest BCUT2D eigenvalue weighted by molar-refractivity contribution is 6.34. The standard InChI is InChI=1S/C19H15Cl2NO4/c20-14-5-2-1-4-13(14)17(23)11-26-19(25)12-7-8-15(21)16(10-12)22-9-3-6-18(22)24/h1-2,4-5,7-8,10H,3,6,9,11H2. The van der Waals surface area contributed by atoms with Crippen molar-refractivity contribution in [2.75, 3.05) is 18.1 Å². The van der Waals surface area contributed by atoms with E-state index in [-0.39, 0.29) is 11.5 Å². The van der Waals surface area contributed by atoms with Crippen LogP contribution in [0.3, 0.4) is 0 Å². The first-order valence-corrected chi connectivity index (χ1v) is 8.77. The third-order valence-corrected chi connectivity index (χ3v) is 4.70. The molecule has 0 aliphatic carbocycles. The smallest absolute Gasteiger partial charge is 0.338 e. The summed E-state index contributed by atoms with van der Waals surface area (Å²) in [5, 5.41) is 0.679. The van der Waals surface area contributed by atoms with Crippen LogP contribution < -0.4 is 4.90 Å². The van der Waals surface area contributed by atoms with Gasteiger partial charge in [0.25, 0.3) is 0 Å². The summed E-state index contributed by atoms with van der Waals surface area (Å²) in [6.07, 6.45) is 1.20. The van der Waals surface area contributed by atoms with Gasteiger partial charge in [0.2, 0.25) is 11.7 Å². The molecule has 1 amide bonds. The van der Waals surface area contributed by atoms with Gasteiger partial charge in [-0.25, -0.2) is 4.79 Å². The van der Waals surface area contributed by atoms with Gasteiger partial charge in [0, 0.05) is 18.5 Å². The molecule has 1 aliphatic heterocycles. The maximum absolute atomic E-state index is 12.3. The van der Waals surface area contributed by atoms with Crippen molar-refractivity contribution in [1.29, 1.82) is 0 Å². The normalized spacial score (nSPS) is 13.8. The zero-order chi connectivity index (χ0) is 18.7. The fourth-order valence-corrected chi connectivity index (χ4v) is 3.19. The Labute approximate surface area is 160 Å². The second-order valence-corrected chi connectivity index (χ2v) is 6.61. The molecular weight excluding hydrogens is 377 g/mol. The molecule has 0 unspecified atom stereocenters. The maximum atomic E-state index is 12.3. The number of benzene rings is 2. The molecule has 3 rings (SSSR count). The van der Waals surface area contributed by atoms with E-state index in [0.717, 1.165) is 6.42 Å². The molecular formula is C19H15Cl2NO4. The molecule has 7 heteroatoms. The van der Waals surface area contributed by atoms with E-state index in [1.165, 1.54) is 18.2 Å². The third-order valence-electron chi connectivity index (χ3n) is 4.05. The highest BCUT2D eigenvalue weighted by Crippen LogP contribution is 2.30. The molecule has 0 aromatic heterocycles. The lowest BCUT2D eigenvalue weighted by atomic mass is 10.1. The van der Waals surface area contributed by atoms with Crippen LogP contribution in [0.2, 0.25) is 10.0 Å². The van der Waals surface area contributed by atoms with Gasteiger partial charge < -0.3 is 9.64 Å². The summed E-state index contributed by atoms with van der Waals surface area (Å²) in [6, 6.07) is 11.1. The van der Waals surface area contributed by atoms with Gasteiger partial charge in [0.15, 0.2) is 6.61 Å². The SMILES string of the molecule is O=C(OCC(=O)c1ccccc1Cl)c1ccc(Cl)c(N2CCCC2=O)c1. The van der Waals surface area contributed by atoms with E-state index in [9.17, 15) is 14.4 Å². The molecule has 0 bridgehead atoms. The molecule has 1 heterocycles. The van der Waals surface area contributed by atoms with Crippen LogP contribution >= 0.6 is 23.2 Å². The van der Waals surface area contributed by atoms with E-state index in [4.69, 9.17) is 27.9 Å². The molecule has 0 N–H and O–H groups in total. The molecule has 2 aromatic rings. The molecule has 1 saturated heterocycles. The monoisotopic (exact) mass is 391 g/mol. The summed E-state index contributed by atoms with van der Waals surface area (Å²) in [7, 11) is 0. The molecule has 0 radical (unpaired) electrons. The van der Waals surface area contributed by atoms with Crippen LogP contribution in [-0.2, 0) is 9.53 Å². The zero-order valence-electron chi connectivity index (χ0n) is 13.7. The Morgan fingerprint density at radius 2 is 1.85 bits per heavy atom. The van der Waals surface area contributed by atoms with E-state index in [0.29, 0.717) is 34.3 Å². The second-order valence-electron chi connectivity index (χ2n) is 5.79. The number of carbonyl (C=O) groups is 3. The number of halogens is 2.